The highest BCUT2D eigenvalue weighted by molar-refractivity contribution is 9.09. The Kier molecular flexibility index (Phi) is 16.6. The second kappa shape index (κ2) is 16.8. The third kappa shape index (κ3) is 15.8. The van der Waals surface area contributed by atoms with Crippen LogP contribution in [-0.2, 0) is 9.47 Å². The van der Waals surface area contributed by atoms with E-state index in [2.05, 4.69) is 22.9 Å². The third-order valence-corrected chi connectivity index (χ3v) is 3.78. The molecule has 120 valence electrons. The molecule has 0 aromatic rings. The molecule has 4 heteroatoms. The highest BCUT2D eigenvalue weighted by atomic mass is 79.9. The number of carbonyl (C=O) groups excluding carboxylic acids is 1. The minimum absolute atomic E-state index is 0.484. The van der Waals surface area contributed by atoms with E-state index < -0.39 is 6.16 Å². The van der Waals surface area contributed by atoms with Crippen molar-refractivity contribution in [1.82, 2.24) is 0 Å². The smallest absolute Gasteiger partial charge is 0.434 e. The summed E-state index contributed by atoms with van der Waals surface area (Å²) in [6.45, 7) is 3.20. The fourth-order valence-corrected chi connectivity index (χ4v) is 2.36. The Morgan fingerprint density at radius 1 is 0.750 bits per heavy atom. The molecule has 0 fully saturated rings. The summed E-state index contributed by atoms with van der Waals surface area (Å²) in [5.74, 6) is 0. The van der Waals surface area contributed by atoms with Crippen LogP contribution >= 0.6 is 15.9 Å². The van der Waals surface area contributed by atoms with E-state index >= 15 is 0 Å². The molecular formula is C16H31BrO3. The van der Waals surface area contributed by atoms with Crippen molar-refractivity contribution in [2.45, 2.75) is 77.6 Å². The summed E-state index contributed by atoms with van der Waals surface area (Å²) >= 11 is 3.39. The molecule has 0 aromatic carbocycles. The lowest BCUT2D eigenvalue weighted by atomic mass is 10.1. The SMILES string of the molecule is CCCCCCCCCOC(=O)OCCCCCCBr. The van der Waals surface area contributed by atoms with Gasteiger partial charge in [-0.25, -0.2) is 4.79 Å². The van der Waals surface area contributed by atoms with Gasteiger partial charge in [-0.1, -0.05) is 74.2 Å². The van der Waals surface area contributed by atoms with Crippen LogP contribution in [0, 0.1) is 0 Å². The van der Waals surface area contributed by atoms with Gasteiger partial charge in [0.2, 0.25) is 0 Å². The summed E-state index contributed by atoms with van der Waals surface area (Å²) in [7, 11) is 0. The van der Waals surface area contributed by atoms with Gasteiger partial charge in [-0.2, -0.15) is 0 Å². The van der Waals surface area contributed by atoms with Gasteiger partial charge in [0.05, 0.1) is 13.2 Å². The van der Waals surface area contributed by atoms with Crippen LogP contribution < -0.4 is 0 Å². The van der Waals surface area contributed by atoms with Crippen molar-refractivity contribution >= 4 is 22.1 Å². The first-order valence-corrected chi connectivity index (χ1v) is 9.29. The molecule has 3 nitrogen and oxygen atoms in total. The summed E-state index contributed by atoms with van der Waals surface area (Å²) < 4.78 is 10.0. The number of ether oxygens (including phenoxy) is 2. The van der Waals surface area contributed by atoms with Gasteiger partial charge in [0.25, 0.3) is 0 Å². The Bertz CT molecular complexity index is 210. The van der Waals surface area contributed by atoms with Crippen LogP contribution in [0.15, 0.2) is 0 Å². The second-order valence-electron chi connectivity index (χ2n) is 5.17. The molecule has 0 spiro atoms. The van der Waals surface area contributed by atoms with Crippen molar-refractivity contribution in [2.75, 3.05) is 18.5 Å². The van der Waals surface area contributed by atoms with Crippen LogP contribution in [0.1, 0.15) is 77.6 Å². The van der Waals surface area contributed by atoms with E-state index in [4.69, 9.17) is 9.47 Å². The molecule has 0 aliphatic heterocycles. The van der Waals surface area contributed by atoms with Gasteiger partial charge in [-0.3, -0.25) is 0 Å². The number of unbranched alkanes of at least 4 members (excludes halogenated alkanes) is 9. The highest BCUT2D eigenvalue weighted by Crippen LogP contribution is 2.07. The number of rotatable bonds is 14. The van der Waals surface area contributed by atoms with Crippen molar-refractivity contribution in [1.29, 1.82) is 0 Å². The lowest BCUT2D eigenvalue weighted by molar-refractivity contribution is 0.0529. The molecule has 0 aromatic heterocycles. The van der Waals surface area contributed by atoms with Gasteiger partial charge in [0, 0.05) is 5.33 Å². The predicted molar refractivity (Wildman–Crippen MR) is 87.6 cm³/mol. The monoisotopic (exact) mass is 350 g/mol. The Morgan fingerprint density at radius 3 is 1.70 bits per heavy atom. The quantitative estimate of drug-likeness (QED) is 0.224. The van der Waals surface area contributed by atoms with Crippen LogP contribution in [-0.4, -0.2) is 24.7 Å². The van der Waals surface area contributed by atoms with E-state index in [9.17, 15) is 4.79 Å². The fraction of sp³-hybridized carbons (Fsp3) is 0.938. The highest BCUT2D eigenvalue weighted by Gasteiger charge is 2.02. The first-order chi connectivity index (χ1) is 9.81. The molecule has 0 saturated heterocycles. The zero-order valence-electron chi connectivity index (χ0n) is 13.0. The summed E-state index contributed by atoms with van der Waals surface area (Å²) in [6.07, 6.45) is 12.5. The van der Waals surface area contributed by atoms with Gasteiger partial charge >= 0.3 is 6.16 Å². The Hall–Kier alpha value is -0.250. The van der Waals surface area contributed by atoms with Crippen LogP contribution in [0.4, 0.5) is 4.79 Å². The van der Waals surface area contributed by atoms with Crippen molar-refractivity contribution in [3.8, 4) is 0 Å². The summed E-state index contributed by atoms with van der Waals surface area (Å²) in [6, 6.07) is 0. The Balaban J connectivity index is 3.12. The average Bonchev–Trinajstić information content (AvgIpc) is 2.45. The van der Waals surface area contributed by atoms with Crippen LogP contribution in [0.3, 0.4) is 0 Å². The largest absolute Gasteiger partial charge is 0.508 e. The molecule has 0 radical (unpaired) electrons. The Morgan fingerprint density at radius 2 is 1.20 bits per heavy atom. The second-order valence-corrected chi connectivity index (χ2v) is 5.96. The van der Waals surface area contributed by atoms with Gasteiger partial charge in [0.1, 0.15) is 0 Å². The molecule has 0 aliphatic carbocycles. The molecule has 0 heterocycles. The number of carbonyl (C=O) groups is 1. The van der Waals surface area contributed by atoms with E-state index in [1.54, 1.807) is 0 Å². The minimum Gasteiger partial charge on any atom is -0.434 e. The number of hydrogen-bond donors (Lipinski definition) is 0. The van der Waals surface area contributed by atoms with Crippen molar-refractivity contribution < 1.29 is 14.3 Å². The van der Waals surface area contributed by atoms with E-state index in [0.29, 0.717) is 13.2 Å². The van der Waals surface area contributed by atoms with E-state index in [0.717, 1.165) is 31.0 Å². The zero-order chi connectivity index (χ0) is 14.9. The molecule has 20 heavy (non-hydrogen) atoms. The van der Waals surface area contributed by atoms with Crippen molar-refractivity contribution in [2.24, 2.45) is 0 Å². The van der Waals surface area contributed by atoms with Crippen LogP contribution in [0.25, 0.3) is 0 Å². The van der Waals surface area contributed by atoms with Crippen molar-refractivity contribution in [3.05, 3.63) is 0 Å². The predicted octanol–water partition coefficient (Wildman–Crippen LogP) is 5.85. The van der Waals surface area contributed by atoms with Crippen LogP contribution in [0.5, 0.6) is 0 Å². The molecule has 0 amide bonds. The minimum atomic E-state index is -0.503. The molecule has 0 saturated carbocycles. The van der Waals surface area contributed by atoms with Crippen molar-refractivity contribution in [3.63, 3.8) is 0 Å². The van der Waals surface area contributed by atoms with Gasteiger partial charge < -0.3 is 9.47 Å². The zero-order valence-corrected chi connectivity index (χ0v) is 14.6. The first kappa shape index (κ1) is 19.8. The molecule has 0 aliphatic rings. The first-order valence-electron chi connectivity index (χ1n) is 8.16. The number of halogens is 1. The maximum atomic E-state index is 11.3. The average molecular weight is 351 g/mol. The fourth-order valence-electron chi connectivity index (χ4n) is 1.96. The summed E-state index contributed by atoms with van der Waals surface area (Å²) in [5, 5.41) is 1.05. The number of hydrogen-bond acceptors (Lipinski definition) is 3. The summed E-state index contributed by atoms with van der Waals surface area (Å²) in [4.78, 5) is 11.3. The third-order valence-electron chi connectivity index (χ3n) is 3.22. The normalized spacial score (nSPS) is 10.5. The topological polar surface area (TPSA) is 35.5 Å². The van der Waals surface area contributed by atoms with Gasteiger partial charge in [0.15, 0.2) is 0 Å². The maximum Gasteiger partial charge on any atom is 0.508 e. The molecule has 0 bridgehead atoms. The molecule has 0 atom stereocenters. The standard InChI is InChI=1S/C16H31BrO3/c1-2-3-4-5-6-8-11-14-19-16(18)20-15-12-9-7-10-13-17/h2-15H2,1H3. The van der Waals surface area contributed by atoms with E-state index in [1.165, 1.54) is 44.9 Å². The molecular weight excluding hydrogens is 320 g/mol. The summed E-state index contributed by atoms with van der Waals surface area (Å²) in [5.41, 5.74) is 0. The molecule has 0 rings (SSSR count). The van der Waals surface area contributed by atoms with Crippen LogP contribution in [0.2, 0.25) is 0 Å². The van der Waals surface area contributed by atoms with Gasteiger partial charge in [-0.15, -0.1) is 0 Å². The van der Waals surface area contributed by atoms with E-state index in [-0.39, 0.29) is 0 Å². The maximum absolute atomic E-state index is 11.3. The number of alkyl halides is 1. The molecule has 0 unspecified atom stereocenters. The van der Waals surface area contributed by atoms with Gasteiger partial charge in [-0.05, 0) is 19.3 Å². The molecule has 0 N–H and O–H groups in total. The lowest BCUT2D eigenvalue weighted by Gasteiger charge is -2.06. The Labute approximate surface area is 132 Å². The lowest BCUT2D eigenvalue weighted by Crippen LogP contribution is -2.09. The van der Waals surface area contributed by atoms with E-state index in [1.807, 2.05) is 0 Å².